The number of nitrogens with two attached hydrogens (primary N) is 1. The number of rotatable bonds is 1. The zero-order valence-corrected chi connectivity index (χ0v) is 10.7. The number of fused-ring (bicyclic) bond motifs is 1. The van der Waals surface area contributed by atoms with Gasteiger partial charge in [0.15, 0.2) is 0 Å². The summed E-state index contributed by atoms with van der Waals surface area (Å²) in [5.74, 6) is 0. The first-order chi connectivity index (χ1) is 8.24. The molecule has 3 aromatic rings. The summed E-state index contributed by atoms with van der Waals surface area (Å²) in [7, 11) is 0. The second kappa shape index (κ2) is 3.93. The molecule has 1 aromatic heterocycles. The molecule has 0 amide bonds. The molecule has 0 radical (unpaired) electrons. The summed E-state index contributed by atoms with van der Waals surface area (Å²) in [6, 6.07) is 16.2. The van der Waals surface area contributed by atoms with E-state index in [2.05, 4.69) is 39.1 Å². The van der Waals surface area contributed by atoms with Gasteiger partial charge in [0.1, 0.15) is 0 Å². The number of benzene rings is 2. The third-order valence-electron chi connectivity index (χ3n) is 2.84. The largest absolute Gasteiger partial charge is 0.398 e. The molecular weight excluding hydrogens is 276 g/mol. The minimum Gasteiger partial charge on any atom is -0.398 e. The van der Waals surface area contributed by atoms with Gasteiger partial charge in [-0.05, 0) is 30.3 Å². The van der Waals surface area contributed by atoms with E-state index in [0.717, 1.165) is 26.9 Å². The lowest BCUT2D eigenvalue weighted by Gasteiger charge is -2.03. The molecule has 0 bridgehead atoms. The second-order valence-electron chi connectivity index (χ2n) is 4.00. The number of nitrogen functional groups attached to an aromatic ring is 1. The molecule has 3 rings (SSSR count). The maximum atomic E-state index is 6.00. The number of H-pyrrole nitrogens is 1. The maximum Gasteiger partial charge on any atom is 0.0486 e. The van der Waals surface area contributed by atoms with E-state index in [0.29, 0.717) is 0 Å². The second-order valence-corrected chi connectivity index (χ2v) is 4.92. The summed E-state index contributed by atoms with van der Waals surface area (Å²) in [5.41, 5.74) is 9.98. The van der Waals surface area contributed by atoms with Gasteiger partial charge >= 0.3 is 0 Å². The Balaban J connectivity index is 2.23. The third kappa shape index (κ3) is 1.83. The Morgan fingerprint density at radius 3 is 2.65 bits per heavy atom. The van der Waals surface area contributed by atoms with Gasteiger partial charge in [-0.2, -0.15) is 0 Å². The molecule has 3 heteroatoms. The molecule has 84 valence electrons. The summed E-state index contributed by atoms with van der Waals surface area (Å²) < 4.78 is 1.03. The maximum absolute atomic E-state index is 6.00. The Labute approximate surface area is 108 Å². The van der Waals surface area contributed by atoms with Crippen molar-refractivity contribution in [2.24, 2.45) is 0 Å². The molecule has 0 aliphatic carbocycles. The topological polar surface area (TPSA) is 41.8 Å². The van der Waals surface area contributed by atoms with Crippen LogP contribution in [0.25, 0.3) is 22.2 Å². The van der Waals surface area contributed by atoms with E-state index in [1.54, 1.807) is 0 Å². The summed E-state index contributed by atoms with van der Waals surface area (Å²) in [6.07, 6.45) is 0. The van der Waals surface area contributed by atoms with Crippen LogP contribution in [0.1, 0.15) is 0 Å². The third-order valence-corrected chi connectivity index (χ3v) is 3.33. The van der Waals surface area contributed by atoms with Crippen molar-refractivity contribution in [3.8, 4) is 11.3 Å². The Hall–Kier alpha value is -1.74. The van der Waals surface area contributed by atoms with Gasteiger partial charge < -0.3 is 10.7 Å². The Morgan fingerprint density at radius 1 is 1.00 bits per heavy atom. The van der Waals surface area contributed by atoms with Crippen LogP contribution in [0.4, 0.5) is 5.69 Å². The normalized spacial score (nSPS) is 10.9. The molecule has 0 aliphatic rings. The first-order valence-electron chi connectivity index (χ1n) is 5.37. The number of hydrogen-bond donors (Lipinski definition) is 2. The molecule has 0 aliphatic heterocycles. The molecule has 0 unspecified atom stereocenters. The molecular formula is C14H11BrN2. The van der Waals surface area contributed by atoms with Crippen molar-refractivity contribution in [1.29, 1.82) is 0 Å². The number of para-hydroxylation sites is 1. The molecule has 3 N–H and O–H groups in total. The van der Waals surface area contributed by atoms with Crippen molar-refractivity contribution in [2.75, 3.05) is 5.73 Å². The van der Waals surface area contributed by atoms with E-state index in [9.17, 15) is 0 Å². The van der Waals surface area contributed by atoms with E-state index in [4.69, 9.17) is 5.73 Å². The highest BCUT2D eigenvalue weighted by molar-refractivity contribution is 9.10. The quantitative estimate of drug-likeness (QED) is 0.648. The van der Waals surface area contributed by atoms with Crippen LogP contribution < -0.4 is 5.73 Å². The predicted octanol–water partition coefficient (Wildman–Crippen LogP) is 4.18. The number of anilines is 1. The number of aromatic amines is 1. The van der Waals surface area contributed by atoms with Gasteiger partial charge in [0, 0.05) is 32.3 Å². The van der Waals surface area contributed by atoms with Crippen molar-refractivity contribution in [3.05, 3.63) is 53.0 Å². The van der Waals surface area contributed by atoms with Crippen LogP contribution in [0.5, 0.6) is 0 Å². The standard InChI is InChI=1S/C14H11BrN2/c15-10-5-6-12(16)11(8-10)14-7-9-3-1-2-4-13(9)17-14/h1-8,17H,16H2. The minimum absolute atomic E-state index is 0.778. The van der Waals surface area contributed by atoms with Gasteiger partial charge in [0.2, 0.25) is 0 Å². The number of hydrogen-bond acceptors (Lipinski definition) is 1. The molecule has 0 saturated carbocycles. The summed E-state index contributed by atoms with van der Waals surface area (Å²) in [5, 5.41) is 1.20. The summed E-state index contributed by atoms with van der Waals surface area (Å²) in [6.45, 7) is 0. The molecule has 0 saturated heterocycles. The first-order valence-corrected chi connectivity index (χ1v) is 6.16. The summed E-state index contributed by atoms with van der Waals surface area (Å²) in [4.78, 5) is 3.38. The van der Waals surface area contributed by atoms with Crippen LogP contribution in [-0.4, -0.2) is 4.98 Å². The zero-order valence-electron chi connectivity index (χ0n) is 9.07. The minimum atomic E-state index is 0.778. The SMILES string of the molecule is Nc1ccc(Br)cc1-c1cc2ccccc2[nH]1. The molecule has 0 atom stereocenters. The Kier molecular flexibility index (Phi) is 2.41. The molecule has 1 heterocycles. The van der Waals surface area contributed by atoms with Gasteiger partial charge in [-0.1, -0.05) is 34.1 Å². The van der Waals surface area contributed by atoms with E-state index >= 15 is 0 Å². The number of aromatic nitrogens is 1. The first kappa shape index (κ1) is 10.4. The fourth-order valence-electron chi connectivity index (χ4n) is 1.98. The number of halogens is 1. The van der Waals surface area contributed by atoms with Crippen molar-refractivity contribution in [1.82, 2.24) is 4.98 Å². The molecule has 2 nitrogen and oxygen atoms in total. The van der Waals surface area contributed by atoms with Crippen LogP contribution in [-0.2, 0) is 0 Å². The zero-order chi connectivity index (χ0) is 11.8. The lowest BCUT2D eigenvalue weighted by Crippen LogP contribution is -1.89. The highest BCUT2D eigenvalue weighted by Gasteiger charge is 2.06. The monoisotopic (exact) mass is 286 g/mol. The molecule has 0 spiro atoms. The van der Waals surface area contributed by atoms with Gasteiger partial charge in [0.05, 0.1) is 0 Å². The lowest BCUT2D eigenvalue weighted by atomic mass is 10.1. The van der Waals surface area contributed by atoms with E-state index in [-0.39, 0.29) is 0 Å². The summed E-state index contributed by atoms with van der Waals surface area (Å²) >= 11 is 3.47. The van der Waals surface area contributed by atoms with Gasteiger partial charge in [-0.25, -0.2) is 0 Å². The van der Waals surface area contributed by atoms with Crippen LogP contribution >= 0.6 is 15.9 Å². The highest BCUT2D eigenvalue weighted by atomic mass is 79.9. The number of nitrogens with one attached hydrogen (secondary N) is 1. The predicted molar refractivity (Wildman–Crippen MR) is 75.8 cm³/mol. The average molecular weight is 287 g/mol. The van der Waals surface area contributed by atoms with Crippen LogP contribution in [0.2, 0.25) is 0 Å². The lowest BCUT2D eigenvalue weighted by molar-refractivity contribution is 1.45. The van der Waals surface area contributed by atoms with E-state index < -0.39 is 0 Å². The Morgan fingerprint density at radius 2 is 1.82 bits per heavy atom. The fourth-order valence-corrected chi connectivity index (χ4v) is 2.34. The van der Waals surface area contributed by atoms with Gasteiger partial charge in [0.25, 0.3) is 0 Å². The van der Waals surface area contributed by atoms with Crippen LogP contribution in [0.3, 0.4) is 0 Å². The smallest absolute Gasteiger partial charge is 0.0486 e. The molecule has 2 aromatic carbocycles. The van der Waals surface area contributed by atoms with Crippen molar-refractivity contribution in [3.63, 3.8) is 0 Å². The molecule has 0 fully saturated rings. The molecule has 17 heavy (non-hydrogen) atoms. The van der Waals surface area contributed by atoms with Crippen molar-refractivity contribution >= 4 is 32.5 Å². The van der Waals surface area contributed by atoms with Gasteiger partial charge in [-0.15, -0.1) is 0 Å². The van der Waals surface area contributed by atoms with Crippen molar-refractivity contribution < 1.29 is 0 Å². The van der Waals surface area contributed by atoms with Gasteiger partial charge in [-0.3, -0.25) is 0 Å². The fraction of sp³-hybridized carbons (Fsp3) is 0. The highest BCUT2D eigenvalue weighted by Crippen LogP contribution is 2.30. The van der Waals surface area contributed by atoms with Crippen LogP contribution in [0, 0.1) is 0 Å². The Bertz CT molecular complexity index is 653. The van der Waals surface area contributed by atoms with Crippen molar-refractivity contribution in [2.45, 2.75) is 0 Å². The van der Waals surface area contributed by atoms with E-state index in [1.165, 1.54) is 5.39 Å². The average Bonchev–Trinajstić information content (AvgIpc) is 2.75. The van der Waals surface area contributed by atoms with Crippen LogP contribution in [0.15, 0.2) is 53.0 Å². The van der Waals surface area contributed by atoms with E-state index in [1.807, 2.05) is 30.3 Å².